The largest absolute Gasteiger partial charge is 0.344 e. The zero-order valence-electron chi connectivity index (χ0n) is 16.2. The summed E-state index contributed by atoms with van der Waals surface area (Å²) in [5, 5.41) is 0.938. The van der Waals surface area contributed by atoms with Crippen molar-refractivity contribution < 1.29 is 9.59 Å². The van der Waals surface area contributed by atoms with E-state index in [2.05, 4.69) is 30.8 Å². The van der Waals surface area contributed by atoms with Crippen LogP contribution in [-0.2, 0) is 9.59 Å². The molecule has 2 aliphatic rings. The molecule has 0 spiro atoms. The first-order chi connectivity index (χ1) is 14.6. The lowest BCUT2D eigenvalue weighted by atomic mass is 10.1. The van der Waals surface area contributed by atoms with Crippen molar-refractivity contribution in [2.45, 2.75) is 6.42 Å². The fourth-order valence-corrected chi connectivity index (χ4v) is 5.39. The van der Waals surface area contributed by atoms with E-state index < -0.39 is 5.92 Å². The molecule has 2 aromatic heterocycles. The number of carbonyl (C=O) groups is 2. The number of halogens is 1. The molecule has 0 N–H and O–H groups in total. The lowest BCUT2D eigenvalue weighted by Gasteiger charge is -2.35. The lowest BCUT2D eigenvalue weighted by molar-refractivity contribution is -0.140. The second-order valence-electron chi connectivity index (χ2n) is 7.45. The minimum absolute atomic E-state index is 0.0527. The summed E-state index contributed by atoms with van der Waals surface area (Å²) < 4.78 is 0.920. The maximum atomic E-state index is 13.1. The zero-order chi connectivity index (χ0) is 20.7. The van der Waals surface area contributed by atoms with Crippen molar-refractivity contribution in [3.05, 3.63) is 47.1 Å². The van der Waals surface area contributed by atoms with Crippen LogP contribution >= 0.6 is 27.3 Å². The third-order valence-corrected chi connectivity index (χ3v) is 7.17. The molecule has 2 fully saturated rings. The van der Waals surface area contributed by atoms with Crippen LogP contribution in [0.3, 0.4) is 0 Å². The van der Waals surface area contributed by atoms with E-state index in [1.54, 1.807) is 22.4 Å². The summed E-state index contributed by atoms with van der Waals surface area (Å²) in [7, 11) is 0. The van der Waals surface area contributed by atoms with Crippen molar-refractivity contribution in [1.82, 2.24) is 14.9 Å². The highest BCUT2D eigenvalue weighted by Gasteiger charge is 2.40. The fraction of sp³-hybridized carbons (Fsp3) is 0.333. The van der Waals surface area contributed by atoms with Crippen LogP contribution in [0, 0.1) is 5.92 Å². The van der Waals surface area contributed by atoms with E-state index in [1.165, 1.54) is 0 Å². The van der Waals surface area contributed by atoms with Gasteiger partial charge in [-0.05, 0) is 36.8 Å². The molecule has 7 nitrogen and oxygen atoms in total. The third kappa shape index (κ3) is 3.56. The molecular weight excluding hydrogens is 466 g/mol. The number of amides is 2. The van der Waals surface area contributed by atoms with Gasteiger partial charge in [-0.15, -0.1) is 0 Å². The van der Waals surface area contributed by atoms with Crippen LogP contribution in [0.25, 0.3) is 10.3 Å². The highest BCUT2D eigenvalue weighted by atomic mass is 79.9. The maximum absolute atomic E-state index is 13.1. The molecule has 30 heavy (non-hydrogen) atoms. The zero-order valence-corrected chi connectivity index (χ0v) is 18.6. The number of rotatable bonds is 3. The van der Waals surface area contributed by atoms with Crippen molar-refractivity contribution in [1.29, 1.82) is 0 Å². The number of carbonyl (C=O) groups excluding carboxylic acids is 2. The summed E-state index contributed by atoms with van der Waals surface area (Å²) in [5.41, 5.74) is 1.74. The molecule has 1 unspecified atom stereocenters. The van der Waals surface area contributed by atoms with Gasteiger partial charge in [-0.2, -0.15) is 0 Å². The molecule has 0 aliphatic carbocycles. The fourth-order valence-electron chi connectivity index (χ4n) is 4.04. The van der Waals surface area contributed by atoms with Crippen molar-refractivity contribution >= 4 is 60.2 Å². The Kier molecular flexibility index (Phi) is 5.16. The summed E-state index contributed by atoms with van der Waals surface area (Å²) in [6, 6.07) is 11.5. The van der Waals surface area contributed by atoms with Crippen LogP contribution in [-0.4, -0.2) is 59.4 Å². The SMILES string of the molecule is O=C(C1CCN(c2cccc(Br)c2)C1=O)N1CCN(c2nc3cccnc3s2)CC1. The first-order valence-electron chi connectivity index (χ1n) is 9.92. The average molecular weight is 486 g/mol. The highest BCUT2D eigenvalue weighted by molar-refractivity contribution is 9.10. The van der Waals surface area contributed by atoms with Crippen LogP contribution in [0.15, 0.2) is 47.1 Å². The Morgan fingerprint density at radius 1 is 1.10 bits per heavy atom. The molecule has 4 heterocycles. The Bertz CT molecular complexity index is 1080. The van der Waals surface area contributed by atoms with Gasteiger partial charge in [-0.1, -0.05) is 33.3 Å². The van der Waals surface area contributed by atoms with Crippen molar-refractivity contribution in [3.63, 3.8) is 0 Å². The van der Waals surface area contributed by atoms with Crippen LogP contribution < -0.4 is 9.80 Å². The molecular formula is C21H20BrN5O2S. The van der Waals surface area contributed by atoms with Gasteiger partial charge in [-0.25, -0.2) is 9.97 Å². The molecule has 9 heteroatoms. The van der Waals surface area contributed by atoms with Gasteiger partial charge in [0.15, 0.2) is 5.13 Å². The number of benzene rings is 1. The van der Waals surface area contributed by atoms with Gasteiger partial charge in [0, 0.05) is 49.1 Å². The van der Waals surface area contributed by atoms with Gasteiger partial charge < -0.3 is 14.7 Å². The summed E-state index contributed by atoms with van der Waals surface area (Å²) in [6.45, 7) is 3.19. The first-order valence-corrected chi connectivity index (χ1v) is 11.5. The van der Waals surface area contributed by atoms with E-state index in [1.807, 2.05) is 41.3 Å². The van der Waals surface area contributed by atoms with Crippen LogP contribution in [0.4, 0.5) is 10.8 Å². The van der Waals surface area contributed by atoms with Crippen LogP contribution in [0.1, 0.15) is 6.42 Å². The van der Waals surface area contributed by atoms with E-state index in [4.69, 9.17) is 0 Å². The normalized spacial score (nSPS) is 19.7. The number of nitrogens with zero attached hydrogens (tertiary/aromatic N) is 5. The topological polar surface area (TPSA) is 69.6 Å². The highest BCUT2D eigenvalue weighted by Crippen LogP contribution is 2.30. The molecule has 1 atom stereocenters. The quantitative estimate of drug-likeness (QED) is 0.532. The number of pyridine rings is 1. The number of fused-ring (bicyclic) bond motifs is 1. The van der Waals surface area contributed by atoms with Crippen molar-refractivity contribution in [2.75, 3.05) is 42.5 Å². The molecule has 3 aromatic rings. The molecule has 0 bridgehead atoms. The monoisotopic (exact) mass is 485 g/mol. The van der Waals surface area contributed by atoms with Gasteiger partial charge >= 0.3 is 0 Å². The Labute approximate surface area is 186 Å². The average Bonchev–Trinajstić information content (AvgIpc) is 3.37. The third-order valence-electron chi connectivity index (χ3n) is 5.64. The van der Waals surface area contributed by atoms with E-state index in [0.29, 0.717) is 39.1 Å². The Morgan fingerprint density at radius 3 is 2.70 bits per heavy atom. The van der Waals surface area contributed by atoms with Gasteiger partial charge in [0.05, 0.1) is 0 Å². The van der Waals surface area contributed by atoms with Crippen molar-refractivity contribution in [3.8, 4) is 0 Å². The predicted octanol–water partition coefficient (Wildman–Crippen LogP) is 3.16. The van der Waals surface area contributed by atoms with Gasteiger partial charge in [0.2, 0.25) is 11.8 Å². The minimum Gasteiger partial charge on any atom is -0.344 e. The predicted molar refractivity (Wildman–Crippen MR) is 121 cm³/mol. The summed E-state index contributed by atoms with van der Waals surface area (Å²) in [4.78, 5) is 41.7. The Hall–Kier alpha value is -2.52. The van der Waals surface area contributed by atoms with E-state index >= 15 is 0 Å². The lowest BCUT2D eigenvalue weighted by Crippen LogP contribution is -2.51. The summed E-state index contributed by atoms with van der Waals surface area (Å²) in [6.07, 6.45) is 2.34. The van der Waals surface area contributed by atoms with Gasteiger partial charge in [0.1, 0.15) is 16.3 Å². The number of thiazole rings is 1. The first kappa shape index (κ1) is 19.4. The molecule has 2 aliphatic heterocycles. The smallest absolute Gasteiger partial charge is 0.239 e. The molecule has 0 saturated carbocycles. The molecule has 2 saturated heterocycles. The maximum Gasteiger partial charge on any atom is 0.239 e. The Balaban J connectivity index is 1.23. The van der Waals surface area contributed by atoms with Crippen LogP contribution in [0.5, 0.6) is 0 Å². The van der Waals surface area contributed by atoms with Crippen LogP contribution in [0.2, 0.25) is 0 Å². The molecule has 1 aromatic carbocycles. The van der Waals surface area contributed by atoms with E-state index in [0.717, 1.165) is 25.6 Å². The summed E-state index contributed by atoms with van der Waals surface area (Å²) >= 11 is 5.02. The standard InChI is InChI=1S/C21H20BrN5O2S/c22-14-3-1-4-15(13-14)27-8-6-16(20(27)29)19(28)25-9-11-26(12-10-25)21-24-17-5-2-7-23-18(17)30-21/h1-5,7,13,16H,6,8-12H2. The molecule has 0 radical (unpaired) electrons. The number of hydrogen-bond acceptors (Lipinski definition) is 6. The van der Waals surface area contributed by atoms with E-state index in [9.17, 15) is 9.59 Å². The number of piperazine rings is 1. The van der Waals surface area contributed by atoms with Gasteiger partial charge in [-0.3, -0.25) is 9.59 Å². The second kappa shape index (κ2) is 7.96. The minimum atomic E-state index is -0.581. The molecule has 154 valence electrons. The second-order valence-corrected chi connectivity index (χ2v) is 9.32. The molecule has 5 rings (SSSR count). The van der Waals surface area contributed by atoms with E-state index in [-0.39, 0.29) is 11.8 Å². The number of aromatic nitrogens is 2. The van der Waals surface area contributed by atoms with Crippen molar-refractivity contribution in [2.24, 2.45) is 5.92 Å². The molecule has 2 amide bonds. The Morgan fingerprint density at radius 2 is 1.93 bits per heavy atom. The summed E-state index contributed by atoms with van der Waals surface area (Å²) in [5.74, 6) is -0.733. The number of hydrogen-bond donors (Lipinski definition) is 0. The number of anilines is 2. The van der Waals surface area contributed by atoms with Gasteiger partial charge in [0.25, 0.3) is 0 Å².